The molecule has 0 saturated carbocycles. The van der Waals surface area contributed by atoms with Crippen LogP contribution in [0.15, 0.2) is 0 Å². The molecule has 0 aromatic carbocycles. The van der Waals surface area contributed by atoms with E-state index in [1.165, 1.54) is 51.4 Å². The van der Waals surface area contributed by atoms with Crippen LogP contribution in [0, 0.1) is 0 Å². The van der Waals surface area contributed by atoms with E-state index in [0.717, 1.165) is 19.3 Å². The maximum absolute atomic E-state index is 11.9. The molecule has 1 aliphatic rings. The van der Waals surface area contributed by atoms with Gasteiger partial charge in [-0.25, -0.2) is 0 Å². The molecule has 1 fully saturated rings. The van der Waals surface area contributed by atoms with Crippen LogP contribution in [0.5, 0.6) is 0 Å². The van der Waals surface area contributed by atoms with Crippen LogP contribution in [0.25, 0.3) is 0 Å². The molecule has 0 unspecified atom stereocenters. The lowest BCUT2D eigenvalue weighted by Crippen LogP contribution is -2.46. The molecule has 26 heavy (non-hydrogen) atoms. The average molecular weight is 375 g/mol. The molecular formula is C20H38O6. The molecule has 1 aliphatic heterocycles. The number of carbonyl (C=O) groups excluding carboxylic acids is 1. The topological polar surface area (TPSA) is 96.2 Å². The van der Waals surface area contributed by atoms with E-state index in [9.17, 15) is 20.1 Å². The van der Waals surface area contributed by atoms with Gasteiger partial charge in [0.15, 0.2) is 6.10 Å². The summed E-state index contributed by atoms with van der Waals surface area (Å²) in [4.78, 5) is 11.9. The van der Waals surface area contributed by atoms with Gasteiger partial charge in [0.2, 0.25) is 0 Å². The molecule has 0 spiro atoms. The van der Waals surface area contributed by atoms with Crippen LogP contribution in [-0.2, 0) is 14.3 Å². The number of unbranched alkanes of at least 4 members (excludes halogenated alkanes) is 10. The average Bonchev–Trinajstić information content (AvgIpc) is 2.73. The van der Waals surface area contributed by atoms with Gasteiger partial charge in [-0.15, -0.1) is 0 Å². The molecule has 0 amide bonds. The van der Waals surface area contributed by atoms with Crippen LogP contribution in [0.3, 0.4) is 0 Å². The molecule has 0 aromatic rings. The van der Waals surface area contributed by atoms with E-state index in [2.05, 4.69) is 6.92 Å². The van der Waals surface area contributed by atoms with Crippen molar-refractivity contribution < 1.29 is 29.6 Å². The van der Waals surface area contributed by atoms with E-state index < -0.39 is 30.4 Å². The monoisotopic (exact) mass is 374 g/mol. The maximum Gasteiger partial charge on any atom is 0.306 e. The summed E-state index contributed by atoms with van der Waals surface area (Å²) in [6, 6.07) is 0. The molecule has 6 nitrogen and oxygen atoms in total. The van der Waals surface area contributed by atoms with Gasteiger partial charge in [-0.1, -0.05) is 71.1 Å². The highest BCUT2D eigenvalue weighted by Gasteiger charge is 2.38. The first kappa shape index (κ1) is 23.3. The normalized spacial score (nSPS) is 26.5. The Morgan fingerprint density at radius 1 is 0.846 bits per heavy atom. The number of hydrogen-bond donors (Lipinski definition) is 3. The van der Waals surface area contributed by atoms with Gasteiger partial charge in [0, 0.05) is 6.42 Å². The van der Waals surface area contributed by atoms with Crippen molar-refractivity contribution in [1.29, 1.82) is 0 Å². The highest BCUT2D eigenvalue weighted by molar-refractivity contribution is 5.69. The van der Waals surface area contributed by atoms with Gasteiger partial charge >= 0.3 is 5.97 Å². The number of esters is 1. The Kier molecular flexibility index (Phi) is 12.9. The van der Waals surface area contributed by atoms with Gasteiger partial charge < -0.3 is 24.8 Å². The lowest BCUT2D eigenvalue weighted by atomic mass is 10.0. The fourth-order valence-corrected chi connectivity index (χ4v) is 3.24. The van der Waals surface area contributed by atoms with Crippen molar-refractivity contribution >= 4 is 5.97 Å². The Bertz CT molecular complexity index is 362. The van der Waals surface area contributed by atoms with Crippen molar-refractivity contribution in [1.82, 2.24) is 0 Å². The number of rotatable bonds is 13. The quantitative estimate of drug-likeness (QED) is 0.339. The van der Waals surface area contributed by atoms with E-state index in [1.807, 2.05) is 0 Å². The van der Waals surface area contributed by atoms with Gasteiger partial charge in [0.05, 0.1) is 13.2 Å². The van der Waals surface area contributed by atoms with E-state index in [1.54, 1.807) is 0 Å². The smallest absolute Gasteiger partial charge is 0.306 e. The van der Waals surface area contributed by atoms with Gasteiger partial charge in [-0.3, -0.25) is 4.79 Å². The fraction of sp³-hybridized carbons (Fsp3) is 0.950. The van der Waals surface area contributed by atoms with Crippen molar-refractivity contribution in [3.05, 3.63) is 0 Å². The molecule has 0 aliphatic carbocycles. The van der Waals surface area contributed by atoms with Gasteiger partial charge in [0.1, 0.15) is 18.3 Å². The summed E-state index contributed by atoms with van der Waals surface area (Å²) in [7, 11) is 0. The van der Waals surface area contributed by atoms with Crippen molar-refractivity contribution in [3.8, 4) is 0 Å². The van der Waals surface area contributed by atoms with E-state index in [-0.39, 0.29) is 19.6 Å². The molecular weight excluding hydrogens is 336 g/mol. The highest BCUT2D eigenvalue weighted by atomic mass is 16.6. The lowest BCUT2D eigenvalue weighted by molar-refractivity contribution is -0.169. The van der Waals surface area contributed by atoms with Crippen molar-refractivity contribution in [2.24, 2.45) is 0 Å². The number of aliphatic hydroxyl groups is 3. The maximum atomic E-state index is 11.9. The second-order valence-electron chi connectivity index (χ2n) is 7.40. The molecule has 0 bridgehead atoms. The summed E-state index contributed by atoms with van der Waals surface area (Å²) in [6.07, 6.45) is 8.78. The molecule has 1 heterocycles. The standard InChI is InChI=1S/C20H38O6/c1-2-3-4-5-6-7-8-9-10-11-12-13-18(23)26-20-17(22)15-25-14-16(21)19(20)24/h16-17,19-22,24H,2-15H2,1H3/t16-,17-,19-,20-/m1/s1. The Morgan fingerprint density at radius 3 is 1.92 bits per heavy atom. The minimum atomic E-state index is -1.33. The van der Waals surface area contributed by atoms with Crippen molar-refractivity contribution in [2.75, 3.05) is 13.2 Å². The summed E-state index contributed by atoms with van der Waals surface area (Å²) in [5.74, 6) is -0.446. The largest absolute Gasteiger partial charge is 0.457 e. The number of ether oxygens (including phenoxy) is 2. The summed E-state index contributed by atoms with van der Waals surface area (Å²) < 4.78 is 10.2. The minimum absolute atomic E-state index is 0.0650. The molecule has 154 valence electrons. The minimum Gasteiger partial charge on any atom is -0.457 e. The second-order valence-corrected chi connectivity index (χ2v) is 7.40. The Hall–Kier alpha value is -0.690. The first-order chi connectivity index (χ1) is 12.6. The Balaban J connectivity index is 2.04. The van der Waals surface area contributed by atoms with E-state index in [0.29, 0.717) is 0 Å². The number of carbonyl (C=O) groups is 1. The summed E-state index contributed by atoms with van der Waals surface area (Å²) >= 11 is 0. The zero-order valence-corrected chi connectivity index (χ0v) is 16.3. The molecule has 3 N–H and O–H groups in total. The van der Waals surface area contributed by atoms with Gasteiger partial charge in [-0.2, -0.15) is 0 Å². The van der Waals surface area contributed by atoms with Crippen molar-refractivity contribution in [2.45, 2.75) is 108 Å². The molecule has 0 radical (unpaired) electrons. The molecule has 4 atom stereocenters. The first-order valence-electron chi connectivity index (χ1n) is 10.4. The third-order valence-electron chi connectivity index (χ3n) is 4.94. The van der Waals surface area contributed by atoms with Crippen LogP contribution < -0.4 is 0 Å². The lowest BCUT2D eigenvalue weighted by Gasteiger charge is -2.26. The van der Waals surface area contributed by atoms with Gasteiger partial charge in [-0.05, 0) is 6.42 Å². The fourth-order valence-electron chi connectivity index (χ4n) is 3.24. The van der Waals surface area contributed by atoms with Crippen LogP contribution in [-0.4, -0.2) is 58.9 Å². The third kappa shape index (κ3) is 9.86. The van der Waals surface area contributed by atoms with Crippen LogP contribution in [0.1, 0.15) is 84.0 Å². The first-order valence-corrected chi connectivity index (χ1v) is 10.4. The summed E-state index contributed by atoms with van der Waals surface area (Å²) in [6.45, 7) is 2.09. The third-order valence-corrected chi connectivity index (χ3v) is 4.94. The number of aliphatic hydroxyl groups excluding tert-OH is 3. The van der Waals surface area contributed by atoms with Crippen LogP contribution in [0.4, 0.5) is 0 Å². The zero-order chi connectivity index (χ0) is 19.2. The highest BCUT2D eigenvalue weighted by Crippen LogP contribution is 2.17. The number of hydrogen-bond acceptors (Lipinski definition) is 6. The Morgan fingerprint density at radius 2 is 1.35 bits per heavy atom. The molecule has 1 saturated heterocycles. The molecule has 0 aromatic heterocycles. The summed E-state index contributed by atoms with van der Waals surface area (Å²) in [5.41, 5.74) is 0. The van der Waals surface area contributed by atoms with Gasteiger partial charge in [0.25, 0.3) is 0 Å². The molecule has 6 heteroatoms. The predicted molar refractivity (Wildman–Crippen MR) is 99.8 cm³/mol. The SMILES string of the molecule is CCCCCCCCCCCCCC(=O)O[C@H]1[C@H](O)[C@H](O)COC[C@H]1O. The Labute approximate surface area is 157 Å². The predicted octanol–water partition coefficient (Wildman–Crippen LogP) is 2.71. The van der Waals surface area contributed by atoms with Crippen molar-refractivity contribution in [3.63, 3.8) is 0 Å². The zero-order valence-electron chi connectivity index (χ0n) is 16.3. The summed E-state index contributed by atoms with van der Waals surface area (Å²) in [5, 5.41) is 29.5. The second kappa shape index (κ2) is 14.4. The van der Waals surface area contributed by atoms with Crippen LogP contribution >= 0.6 is 0 Å². The van der Waals surface area contributed by atoms with Crippen LogP contribution in [0.2, 0.25) is 0 Å². The van der Waals surface area contributed by atoms with E-state index in [4.69, 9.17) is 9.47 Å². The molecule has 1 rings (SSSR count). The van der Waals surface area contributed by atoms with E-state index >= 15 is 0 Å².